The molecule has 0 aliphatic carbocycles. The van der Waals surface area contributed by atoms with E-state index in [0.29, 0.717) is 59.3 Å². The number of hydrogen-bond donors (Lipinski definition) is 1. The highest BCUT2D eigenvalue weighted by molar-refractivity contribution is 6.12. The molecule has 1 N–H and O–H groups in total. The molecule has 2 aliphatic rings. The van der Waals surface area contributed by atoms with Gasteiger partial charge in [-0.2, -0.15) is 5.10 Å². The minimum Gasteiger partial charge on any atom is -0.505 e. The van der Waals surface area contributed by atoms with Gasteiger partial charge in [-0.3, -0.25) is 24.1 Å². The number of aromatic hydroxyl groups is 1. The number of rotatable bonds is 8. The maximum atomic E-state index is 14.8. The van der Waals surface area contributed by atoms with Gasteiger partial charge in [0.1, 0.15) is 5.75 Å². The Balaban J connectivity index is 1.29. The number of aromatic nitrogens is 3. The van der Waals surface area contributed by atoms with E-state index in [2.05, 4.69) is 22.1 Å². The van der Waals surface area contributed by atoms with Crippen LogP contribution in [0.3, 0.4) is 0 Å². The van der Waals surface area contributed by atoms with Crippen molar-refractivity contribution in [3.05, 3.63) is 113 Å². The minimum atomic E-state index is -0.855. The third-order valence-corrected chi connectivity index (χ3v) is 10.0. The van der Waals surface area contributed by atoms with E-state index in [1.54, 1.807) is 43.2 Å². The molecule has 51 heavy (non-hydrogen) atoms. The SMILES string of the molecule is COc1ccc(C(=O)N2Cc3ccccc3C[C@H]2CN2CCOCC2)c(-c2cc(C(=O)N(c3ccc(O)c(F)c3)c3cnn(C)c3)c(C)n2C)c1. The number of amides is 2. The van der Waals surface area contributed by atoms with Gasteiger partial charge in [0.2, 0.25) is 0 Å². The van der Waals surface area contributed by atoms with E-state index >= 15 is 0 Å². The van der Waals surface area contributed by atoms with Crippen LogP contribution in [0.1, 0.15) is 37.5 Å². The number of methoxy groups -OCH3 is 1. The van der Waals surface area contributed by atoms with Gasteiger partial charge in [0.25, 0.3) is 11.8 Å². The quantitative estimate of drug-likeness (QED) is 0.230. The summed E-state index contributed by atoms with van der Waals surface area (Å²) >= 11 is 0. The average molecular weight is 693 g/mol. The van der Waals surface area contributed by atoms with Crippen LogP contribution in [-0.4, -0.2) is 87.1 Å². The number of fused-ring (bicyclic) bond motifs is 1. The third kappa shape index (κ3) is 6.60. The number of aryl methyl sites for hydroxylation is 1. The maximum Gasteiger partial charge on any atom is 0.264 e. The van der Waals surface area contributed by atoms with Gasteiger partial charge in [-0.1, -0.05) is 24.3 Å². The first-order chi connectivity index (χ1) is 24.6. The molecule has 1 atom stereocenters. The summed E-state index contributed by atoms with van der Waals surface area (Å²) in [4.78, 5) is 35.0. The number of ether oxygens (including phenoxy) is 2. The molecule has 2 aromatic heterocycles. The number of phenols is 1. The molecule has 1 saturated heterocycles. The first-order valence-corrected chi connectivity index (χ1v) is 17.0. The molecule has 11 nitrogen and oxygen atoms in total. The van der Waals surface area contributed by atoms with Crippen molar-refractivity contribution in [3.8, 4) is 22.8 Å². The molecule has 7 rings (SSSR count). The molecule has 2 aliphatic heterocycles. The van der Waals surface area contributed by atoms with Gasteiger partial charge < -0.3 is 24.0 Å². The smallest absolute Gasteiger partial charge is 0.264 e. The van der Waals surface area contributed by atoms with E-state index < -0.39 is 17.5 Å². The Hall–Kier alpha value is -5.46. The fourth-order valence-corrected chi connectivity index (χ4v) is 7.11. The van der Waals surface area contributed by atoms with Crippen molar-refractivity contribution < 1.29 is 28.6 Å². The largest absolute Gasteiger partial charge is 0.505 e. The van der Waals surface area contributed by atoms with E-state index in [-0.39, 0.29) is 17.6 Å². The zero-order valence-corrected chi connectivity index (χ0v) is 29.2. The number of carbonyl (C=O) groups excluding carboxylic acids is 2. The Morgan fingerprint density at radius 2 is 1.76 bits per heavy atom. The molecular weight excluding hydrogens is 651 g/mol. The molecule has 12 heteroatoms. The molecule has 264 valence electrons. The number of hydrogen-bond acceptors (Lipinski definition) is 7. The summed E-state index contributed by atoms with van der Waals surface area (Å²) in [7, 11) is 5.15. The number of morpholine rings is 1. The van der Waals surface area contributed by atoms with Crippen LogP contribution in [0.2, 0.25) is 0 Å². The fraction of sp³-hybridized carbons (Fsp3) is 0.308. The Bertz CT molecular complexity index is 2100. The third-order valence-electron chi connectivity index (χ3n) is 10.0. The summed E-state index contributed by atoms with van der Waals surface area (Å²) in [5.74, 6) is -1.34. The molecule has 0 spiro atoms. The summed E-state index contributed by atoms with van der Waals surface area (Å²) in [6, 6.07) is 19.2. The predicted octanol–water partition coefficient (Wildman–Crippen LogP) is 5.47. The van der Waals surface area contributed by atoms with Crippen LogP contribution in [-0.2, 0) is 31.8 Å². The number of phenolic OH excluding ortho intramolecular Hbond substituents is 1. The average Bonchev–Trinajstić information content (AvgIpc) is 3.70. The summed E-state index contributed by atoms with van der Waals surface area (Å²) in [5, 5.41) is 14.1. The Morgan fingerprint density at radius 1 is 1.00 bits per heavy atom. The van der Waals surface area contributed by atoms with Gasteiger partial charge in [-0.05, 0) is 60.9 Å². The number of nitrogens with zero attached hydrogens (tertiary/aromatic N) is 6. The number of halogens is 1. The van der Waals surface area contributed by atoms with Crippen molar-refractivity contribution in [1.82, 2.24) is 24.1 Å². The highest BCUT2D eigenvalue weighted by Crippen LogP contribution is 2.36. The zero-order valence-electron chi connectivity index (χ0n) is 29.2. The number of carbonyl (C=O) groups is 2. The summed E-state index contributed by atoms with van der Waals surface area (Å²) in [6.07, 6.45) is 3.92. The molecule has 0 bridgehead atoms. The van der Waals surface area contributed by atoms with Crippen LogP contribution in [0.15, 0.2) is 79.1 Å². The fourth-order valence-electron chi connectivity index (χ4n) is 7.11. The highest BCUT2D eigenvalue weighted by atomic mass is 19.1. The Morgan fingerprint density at radius 3 is 2.47 bits per heavy atom. The first kappa shape index (κ1) is 34.0. The summed E-state index contributed by atoms with van der Waals surface area (Å²) in [6.45, 7) is 6.03. The van der Waals surface area contributed by atoms with Crippen molar-refractivity contribution in [3.63, 3.8) is 0 Å². The normalized spacial score (nSPS) is 16.2. The van der Waals surface area contributed by atoms with Gasteiger partial charge in [0.05, 0.1) is 43.5 Å². The molecule has 1 fully saturated rings. The molecule has 4 heterocycles. The molecular formula is C39H41FN6O5. The van der Waals surface area contributed by atoms with Gasteiger partial charge >= 0.3 is 0 Å². The summed E-state index contributed by atoms with van der Waals surface area (Å²) in [5.41, 5.74) is 5.77. The first-order valence-electron chi connectivity index (χ1n) is 17.0. The Kier molecular flexibility index (Phi) is 9.37. The molecule has 5 aromatic rings. The van der Waals surface area contributed by atoms with Crippen molar-refractivity contribution in [2.24, 2.45) is 14.1 Å². The molecule has 0 unspecified atom stereocenters. The van der Waals surface area contributed by atoms with E-state index in [4.69, 9.17) is 9.47 Å². The molecule has 0 saturated carbocycles. The monoisotopic (exact) mass is 692 g/mol. The molecule has 3 aromatic carbocycles. The van der Waals surface area contributed by atoms with E-state index in [9.17, 15) is 19.1 Å². The number of benzene rings is 3. The molecule has 0 radical (unpaired) electrons. The lowest BCUT2D eigenvalue weighted by Gasteiger charge is -2.40. The minimum absolute atomic E-state index is 0.0496. The standard InChI is InChI=1S/C39H41FN6O5/c1-25-33(39(49)46(30-21-41-42(2)23-30)28-9-12-37(47)35(40)18-28)20-36(43(25)3)34-19-31(50-4)10-11-32(34)38(48)45-22-27-8-6-5-7-26(27)17-29(45)24-44-13-15-51-16-14-44/h5-12,18-21,23,29,47H,13-17,22,24H2,1-4H3/t29-/m0/s1. The van der Waals surface area contributed by atoms with Crippen LogP contribution < -0.4 is 9.64 Å². The van der Waals surface area contributed by atoms with Crippen LogP contribution in [0.25, 0.3) is 11.3 Å². The van der Waals surface area contributed by atoms with Crippen LogP contribution in [0.5, 0.6) is 11.5 Å². The van der Waals surface area contributed by atoms with Gasteiger partial charge in [0, 0.05) is 81.1 Å². The maximum absolute atomic E-state index is 14.8. The van der Waals surface area contributed by atoms with Crippen LogP contribution in [0.4, 0.5) is 15.8 Å². The lowest BCUT2D eigenvalue weighted by atomic mass is 9.92. The van der Waals surface area contributed by atoms with Gasteiger partial charge in [-0.15, -0.1) is 0 Å². The zero-order chi connectivity index (χ0) is 35.8. The van der Waals surface area contributed by atoms with Gasteiger partial charge in [0.15, 0.2) is 11.6 Å². The highest BCUT2D eigenvalue weighted by Gasteiger charge is 2.34. The van der Waals surface area contributed by atoms with E-state index in [1.165, 1.54) is 28.8 Å². The topological polar surface area (TPSA) is 105 Å². The second-order valence-electron chi connectivity index (χ2n) is 13.1. The van der Waals surface area contributed by atoms with Gasteiger partial charge in [-0.25, -0.2) is 4.39 Å². The van der Waals surface area contributed by atoms with Crippen LogP contribution >= 0.6 is 0 Å². The lowest BCUT2D eigenvalue weighted by Crippen LogP contribution is -2.52. The van der Waals surface area contributed by atoms with E-state index in [0.717, 1.165) is 37.7 Å². The summed E-state index contributed by atoms with van der Waals surface area (Å²) < 4.78 is 29.3. The van der Waals surface area contributed by atoms with Crippen molar-refractivity contribution in [2.75, 3.05) is 44.9 Å². The van der Waals surface area contributed by atoms with E-state index in [1.807, 2.05) is 41.6 Å². The Labute approximate surface area is 296 Å². The predicted molar refractivity (Wildman–Crippen MR) is 191 cm³/mol. The number of anilines is 2. The van der Waals surface area contributed by atoms with Crippen LogP contribution in [0, 0.1) is 12.7 Å². The molecule has 2 amide bonds. The van der Waals surface area contributed by atoms with Crippen molar-refractivity contribution in [2.45, 2.75) is 25.9 Å². The van der Waals surface area contributed by atoms with Crippen molar-refractivity contribution >= 4 is 23.2 Å². The second-order valence-corrected chi connectivity index (χ2v) is 13.1. The second kappa shape index (κ2) is 14.0. The van der Waals surface area contributed by atoms with Crippen molar-refractivity contribution in [1.29, 1.82) is 0 Å². The lowest BCUT2D eigenvalue weighted by molar-refractivity contribution is 0.0193.